The molecule has 9 nitrogen and oxygen atoms in total. The Bertz CT molecular complexity index is 1330. The van der Waals surface area contributed by atoms with Crippen molar-refractivity contribution in [3.63, 3.8) is 0 Å². The predicted molar refractivity (Wildman–Crippen MR) is 109 cm³/mol. The number of fused-ring (bicyclic) bond motifs is 1. The van der Waals surface area contributed by atoms with Crippen LogP contribution in [0.4, 0.5) is 5.69 Å². The molecule has 0 aromatic carbocycles. The molecule has 4 aromatic heterocycles. The van der Waals surface area contributed by atoms with Gasteiger partial charge in [-0.25, -0.2) is 4.52 Å². The first-order valence-corrected chi connectivity index (χ1v) is 9.37. The van der Waals surface area contributed by atoms with Crippen molar-refractivity contribution < 1.29 is 9.59 Å². The normalized spacial score (nSPS) is 11.0. The van der Waals surface area contributed by atoms with Crippen molar-refractivity contribution >= 4 is 33.7 Å². The van der Waals surface area contributed by atoms with Crippen LogP contribution in [0.2, 0.25) is 0 Å². The van der Waals surface area contributed by atoms with Crippen molar-refractivity contribution in [2.24, 2.45) is 12.8 Å². The van der Waals surface area contributed by atoms with E-state index in [1.165, 1.54) is 40.4 Å². The van der Waals surface area contributed by atoms with Gasteiger partial charge in [-0.1, -0.05) is 0 Å². The molecule has 3 N–H and O–H groups in total. The number of carbonyl (C=O) groups excluding carboxylic acids is 2. The monoisotopic (exact) mass is 408 g/mol. The van der Waals surface area contributed by atoms with Gasteiger partial charge in [0.25, 0.3) is 5.91 Å². The Morgan fingerprint density at radius 3 is 2.72 bits per heavy atom. The van der Waals surface area contributed by atoms with Gasteiger partial charge < -0.3 is 15.6 Å². The van der Waals surface area contributed by atoms with Gasteiger partial charge in [0.2, 0.25) is 11.5 Å². The molecule has 0 atom stereocenters. The Kier molecular flexibility index (Phi) is 4.47. The third-order valence-electron chi connectivity index (χ3n) is 4.43. The number of primary amides is 1. The van der Waals surface area contributed by atoms with E-state index < -0.39 is 5.91 Å². The lowest BCUT2D eigenvalue weighted by molar-refractivity contribution is 0.0996. The van der Waals surface area contributed by atoms with Crippen molar-refractivity contribution in [2.75, 3.05) is 5.32 Å². The summed E-state index contributed by atoms with van der Waals surface area (Å²) in [7, 11) is 1.68. The fourth-order valence-electron chi connectivity index (χ4n) is 2.80. The largest absolute Gasteiger partial charge is 0.366 e. The maximum Gasteiger partial charge on any atom is 0.260 e. The highest BCUT2D eigenvalue weighted by Crippen LogP contribution is 2.30. The fraction of sp³-hybridized carbons (Fsp3) is 0.105. The summed E-state index contributed by atoms with van der Waals surface area (Å²) in [4.78, 5) is 41.4. The van der Waals surface area contributed by atoms with E-state index in [4.69, 9.17) is 5.73 Å². The second kappa shape index (κ2) is 6.99. The van der Waals surface area contributed by atoms with Gasteiger partial charge in [0.1, 0.15) is 4.83 Å². The van der Waals surface area contributed by atoms with E-state index in [2.05, 4.69) is 15.4 Å². The highest BCUT2D eigenvalue weighted by molar-refractivity contribution is 7.21. The lowest BCUT2D eigenvalue weighted by atomic mass is 10.2. The topological polar surface area (TPSA) is 124 Å². The highest BCUT2D eigenvalue weighted by Gasteiger charge is 2.18. The third-order valence-corrected chi connectivity index (χ3v) is 5.59. The van der Waals surface area contributed by atoms with Gasteiger partial charge in [0.05, 0.1) is 33.6 Å². The molecule has 0 bridgehead atoms. The summed E-state index contributed by atoms with van der Waals surface area (Å²) in [6.07, 6.45) is 6.38. The summed E-state index contributed by atoms with van der Waals surface area (Å²) in [6.45, 7) is 1.72. The molecule has 0 aliphatic heterocycles. The van der Waals surface area contributed by atoms with E-state index in [-0.39, 0.29) is 17.0 Å². The summed E-state index contributed by atoms with van der Waals surface area (Å²) in [5.74, 6) is -0.999. The Hall–Kier alpha value is -3.79. The van der Waals surface area contributed by atoms with Crippen molar-refractivity contribution in [2.45, 2.75) is 6.92 Å². The molecule has 146 valence electrons. The number of pyridine rings is 2. The Balaban J connectivity index is 1.68. The van der Waals surface area contributed by atoms with Crippen molar-refractivity contribution in [1.82, 2.24) is 19.2 Å². The van der Waals surface area contributed by atoms with E-state index in [0.717, 1.165) is 10.4 Å². The van der Waals surface area contributed by atoms with Crippen LogP contribution in [-0.2, 0) is 7.05 Å². The standard InChI is InChI=1S/C19H16N6O3S/c1-10-14(5-12(6-21-10)17(20)27)23-18(28)13-7-22-25-9-15(29-19(13)25)11-3-4-16(26)24(2)8-11/h3-9H,1-2H3,(H2,20,27)(H,23,28). The number of hydrogen-bond donors (Lipinski definition) is 2. The highest BCUT2D eigenvalue weighted by atomic mass is 32.1. The second-order valence-corrected chi connectivity index (χ2v) is 7.48. The zero-order chi connectivity index (χ0) is 20.7. The fourth-order valence-corrected chi connectivity index (χ4v) is 3.85. The van der Waals surface area contributed by atoms with Gasteiger partial charge in [-0.3, -0.25) is 19.4 Å². The van der Waals surface area contributed by atoms with E-state index in [9.17, 15) is 14.4 Å². The number of aryl methyl sites for hydroxylation is 2. The van der Waals surface area contributed by atoms with Crippen LogP contribution in [0.15, 0.2) is 47.8 Å². The number of carbonyl (C=O) groups is 2. The first-order chi connectivity index (χ1) is 13.8. The van der Waals surface area contributed by atoms with Crippen LogP contribution in [0.1, 0.15) is 26.4 Å². The van der Waals surface area contributed by atoms with Gasteiger partial charge in [-0.05, 0) is 19.1 Å². The van der Waals surface area contributed by atoms with Gasteiger partial charge in [0, 0.05) is 37.3 Å². The lowest BCUT2D eigenvalue weighted by Crippen LogP contribution is -2.16. The molecule has 0 saturated carbocycles. The third kappa shape index (κ3) is 3.41. The number of anilines is 1. The van der Waals surface area contributed by atoms with Gasteiger partial charge in [-0.2, -0.15) is 5.10 Å². The first kappa shape index (κ1) is 18.6. The molecule has 4 rings (SSSR count). The Morgan fingerprint density at radius 2 is 2.00 bits per heavy atom. The van der Waals surface area contributed by atoms with E-state index in [1.54, 1.807) is 36.9 Å². The molecule has 0 aliphatic rings. The number of amides is 2. The molecular formula is C19H16N6O3S. The summed E-state index contributed by atoms with van der Waals surface area (Å²) in [5.41, 5.74) is 7.59. The lowest BCUT2D eigenvalue weighted by Gasteiger charge is -2.08. The molecular weight excluding hydrogens is 392 g/mol. The molecule has 0 spiro atoms. The number of hydrogen-bond acceptors (Lipinski definition) is 6. The van der Waals surface area contributed by atoms with E-state index in [1.807, 2.05) is 0 Å². The number of thiazole rings is 1. The van der Waals surface area contributed by atoms with Crippen molar-refractivity contribution in [1.29, 1.82) is 0 Å². The summed E-state index contributed by atoms with van der Waals surface area (Å²) >= 11 is 1.38. The molecule has 0 fully saturated rings. The molecule has 0 saturated heterocycles. The molecule has 4 heterocycles. The maximum absolute atomic E-state index is 12.8. The molecule has 2 amide bonds. The molecule has 0 radical (unpaired) electrons. The number of nitrogens with one attached hydrogen (secondary N) is 1. The quantitative estimate of drug-likeness (QED) is 0.533. The Morgan fingerprint density at radius 1 is 1.21 bits per heavy atom. The van der Waals surface area contributed by atoms with Crippen LogP contribution in [0.3, 0.4) is 0 Å². The summed E-state index contributed by atoms with van der Waals surface area (Å²) in [5, 5.41) is 7.01. The minimum atomic E-state index is -0.624. The molecule has 0 aliphatic carbocycles. The van der Waals surface area contributed by atoms with Gasteiger partial charge >= 0.3 is 0 Å². The van der Waals surface area contributed by atoms with Crippen LogP contribution in [0, 0.1) is 6.92 Å². The van der Waals surface area contributed by atoms with Gasteiger partial charge in [-0.15, -0.1) is 11.3 Å². The first-order valence-electron chi connectivity index (χ1n) is 8.55. The average molecular weight is 408 g/mol. The molecule has 4 aromatic rings. The molecule has 29 heavy (non-hydrogen) atoms. The van der Waals surface area contributed by atoms with Crippen molar-refractivity contribution in [3.05, 3.63) is 70.2 Å². The average Bonchev–Trinajstić information content (AvgIpc) is 3.26. The Labute approximate surface area is 168 Å². The maximum atomic E-state index is 12.8. The van der Waals surface area contributed by atoms with Crippen LogP contribution >= 0.6 is 11.3 Å². The second-order valence-electron chi connectivity index (χ2n) is 6.45. The number of nitrogens with zero attached hydrogens (tertiary/aromatic N) is 4. The SMILES string of the molecule is Cc1ncc(C(N)=O)cc1NC(=O)c1cnn2cc(-c3ccc(=O)n(C)c3)sc12. The minimum absolute atomic E-state index is 0.0997. The zero-order valence-electron chi connectivity index (χ0n) is 15.5. The van der Waals surface area contributed by atoms with Crippen LogP contribution in [0.25, 0.3) is 15.3 Å². The zero-order valence-corrected chi connectivity index (χ0v) is 16.4. The van der Waals surface area contributed by atoms with Crippen LogP contribution < -0.4 is 16.6 Å². The smallest absolute Gasteiger partial charge is 0.260 e. The van der Waals surface area contributed by atoms with Crippen molar-refractivity contribution in [3.8, 4) is 10.4 Å². The molecule has 10 heteroatoms. The van der Waals surface area contributed by atoms with Gasteiger partial charge in [0.15, 0.2) is 0 Å². The summed E-state index contributed by atoms with van der Waals surface area (Å²) in [6, 6.07) is 4.72. The van der Waals surface area contributed by atoms with Crippen LogP contribution in [0.5, 0.6) is 0 Å². The van der Waals surface area contributed by atoms with E-state index in [0.29, 0.717) is 21.8 Å². The predicted octanol–water partition coefficient (Wildman–Crippen LogP) is 1.82. The summed E-state index contributed by atoms with van der Waals surface area (Å²) < 4.78 is 3.11. The number of nitrogens with two attached hydrogens (primary N) is 1. The van der Waals surface area contributed by atoms with Crippen LogP contribution in [-0.4, -0.2) is 31.0 Å². The minimum Gasteiger partial charge on any atom is -0.366 e. The number of rotatable bonds is 4. The van der Waals surface area contributed by atoms with E-state index >= 15 is 0 Å². The molecule has 0 unspecified atom stereocenters. The number of aromatic nitrogens is 4.